The molecule has 1 aliphatic rings. The van der Waals surface area contributed by atoms with E-state index in [0.29, 0.717) is 0 Å². The lowest BCUT2D eigenvalue weighted by Crippen LogP contribution is -2.47. The maximum absolute atomic E-state index is 13.2. The quantitative estimate of drug-likeness (QED) is 0.828. The molecule has 7 heteroatoms. The van der Waals surface area contributed by atoms with Gasteiger partial charge in [0.05, 0.1) is 12.5 Å². The van der Waals surface area contributed by atoms with Crippen LogP contribution in [-0.2, 0) is 4.79 Å². The molecule has 3 rings (SSSR count). The summed E-state index contributed by atoms with van der Waals surface area (Å²) in [4.78, 5) is 28.4. The van der Waals surface area contributed by atoms with Crippen molar-refractivity contribution in [1.29, 1.82) is 0 Å². The van der Waals surface area contributed by atoms with Gasteiger partial charge >= 0.3 is 0 Å². The number of nitrogens with one attached hydrogen (secondary N) is 2. The highest BCUT2D eigenvalue weighted by Crippen LogP contribution is 2.24. The van der Waals surface area contributed by atoms with E-state index in [1.165, 1.54) is 18.2 Å². The zero-order valence-electron chi connectivity index (χ0n) is 12.4. The van der Waals surface area contributed by atoms with Gasteiger partial charge in [-0.3, -0.25) is 20.2 Å². The maximum atomic E-state index is 13.2. The molecule has 2 amide bonds. The van der Waals surface area contributed by atoms with Crippen molar-refractivity contribution in [1.82, 2.24) is 10.6 Å². The normalized spacial score (nSPS) is 17.0. The third-order valence-corrected chi connectivity index (χ3v) is 4.02. The average molecular weight is 390 g/mol. The summed E-state index contributed by atoms with van der Waals surface area (Å²) >= 11 is 3.35. The van der Waals surface area contributed by atoms with Crippen LogP contribution >= 0.6 is 15.9 Å². The summed E-state index contributed by atoms with van der Waals surface area (Å²) in [6.45, 7) is 0. The van der Waals surface area contributed by atoms with Crippen LogP contribution in [0, 0.1) is 5.82 Å². The van der Waals surface area contributed by atoms with Gasteiger partial charge in [0.1, 0.15) is 5.82 Å². The van der Waals surface area contributed by atoms with Crippen LogP contribution in [-0.4, -0.2) is 17.8 Å². The van der Waals surface area contributed by atoms with Crippen LogP contribution in [0.5, 0.6) is 0 Å². The molecule has 0 fully saturated rings. The van der Waals surface area contributed by atoms with E-state index >= 15 is 0 Å². The Balaban J connectivity index is 1.80. The fraction of sp³-hybridized carbons (Fsp3) is 0.118. The van der Waals surface area contributed by atoms with Crippen molar-refractivity contribution in [3.05, 3.63) is 69.9 Å². The van der Waals surface area contributed by atoms with Crippen molar-refractivity contribution in [2.24, 2.45) is 4.99 Å². The molecular weight excluding hydrogens is 377 g/mol. The van der Waals surface area contributed by atoms with Gasteiger partial charge < -0.3 is 0 Å². The van der Waals surface area contributed by atoms with Crippen molar-refractivity contribution in [3.63, 3.8) is 0 Å². The van der Waals surface area contributed by atoms with Crippen molar-refractivity contribution in [2.75, 3.05) is 0 Å². The number of nitrogens with zero attached hydrogens (tertiary/aromatic N) is 1. The second kappa shape index (κ2) is 6.92. The molecule has 0 aromatic heterocycles. The second-order valence-electron chi connectivity index (χ2n) is 5.26. The molecule has 24 heavy (non-hydrogen) atoms. The number of halogens is 2. The Kier molecular flexibility index (Phi) is 4.71. The van der Waals surface area contributed by atoms with E-state index in [1.54, 1.807) is 0 Å². The van der Waals surface area contributed by atoms with Crippen LogP contribution in [0.3, 0.4) is 0 Å². The van der Waals surface area contributed by atoms with E-state index < -0.39 is 11.7 Å². The largest absolute Gasteiger partial charge is 0.296 e. The fourth-order valence-electron chi connectivity index (χ4n) is 2.34. The van der Waals surface area contributed by atoms with Crippen LogP contribution in [0.15, 0.2) is 58.0 Å². The van der Waals surface area contributed by atoms with Crippen molar-refractivity contribution in [3.8, 4) is 0 Å². The minimum atomic E-state index is -0.537. The smallest absolute Gasteiger partial charge is 0.258 e. The van der Waals surface area contributed by atoms with E-state index in [0.717, 1.165) is 16.1 Å². The number of amides is 2. The van der Waals surface area contributed by atoms with Gasteiger partial charge in [-0.2, -0.15) is 0 Å². The van der Waals surface area contributed by atoms with Crippen molar-refractivity contribution < 1.29 is 14.0 Å². The lowest BCUT2D eigenvalue weighted by molar-refractivity contribution is -0.120. The summed E-state index contributed by atoms with van der Waals surface area (Å²) in [6, 6.07) is 12.4. The van der Waals surface area contributed by atoms with E-state index in [9.17, 15) is 14.0 Å². The fourth-order valence-corrected chi connectivity index (χ4v) is 2.61. The van der Waals surface area contributed by atoms with Gasteiger partial charge in [0.25, 0.3) is 5.91 Å². The van der Waals surface area contributed by atoms with Crippen LogP contribution in [0.2, 0.25) is 0 Å². The Morgan fingerprint density at radius 1 is 1.25 bits per heavy atom. The molecule has 0 unspecified atom stereocenters. The molecule has 0 saturated carbocycles. The SMILES string of the molecule is O=C1C[C@@H](c2ccc(Br)cc2)N=C(NC(=O)c2cccc(F)c2)N1. The minimum Gasteiger partial charge on any atom is -0.296 e. The molecule has 1 heterocycles. The highest BCUT2D eigenvalue weighted by atomic mass is 79.9. The first-order valence-electron chi connectivity index (χ1n) is 7.21. The number of rotatable bonds is 2. The maximum Gasteiger partial charge on any atom is 0.258 e. The molecule has 0 radical (unpaired) electrons. The van der Waals surface area contributed by atoms with Crippen molar-refractivity contribution >= 4 is 33.7 Å². The highest BCUT2D eigenvalue weighted by molar-refractivity contribution is 9.10. The Labute approximate surface area is 146 Å². The standard InChI is InChI=1S/C17H13BrFN3O2/c18-12-6-4-10(5-7-12)14-9-15(23)21-17(20-14)22-16(24)11-2-1-3-13(19)8-11/h1-8,14H,9H2,(H2,20,21,22,23,24)/t14-/m0/s1. The lowest BCUT2D eigenvalue weighted by Gasteiger charge is -2.21. The molecule has 122 valence electrons. The summed E-state index contributed by atoms with van der Waals surface area (Å²) in [7, 11) is 0. The number of hydrogen-bond donors (Lipinski definition) is 2. The molecule has 5 nitrogen and oxygen atoms in total. The highest BCUT2D eigenvalue weighted by Gasteiger charge is 2.23. The molecule has 1 atom stereocenters. The first-order chi connectivity index (χ1) is 11.5. The molecule has 1 aliphatic heterocycles. The molecule has 2 N–H and O–H groups in total. The molecule has 2 aromatic carbocycles. The van der Waals surface area contributed by atoms with Crippen LogP contribution in [0.4, 0.5) is 4.39 Å². The predicted molar refractivity (Wildman–Crippen MR) is 90.9 cm³/mol. The van der Waals surface area contributed by atoms with Gasteiger partial charge in [-0.1, -0.05) is 34.1 Å². The summed E-state index contributed by atoms with van der Waals surface area (Å²) in [5.41, 5.74) is 1.02. The molecule has 0 bridgehead atoms. The predicted octanol–water partition coefficient (Wildman–Crippen LogP) is 2.94. The average Bonchev–Trinajstić information content (AvgIpc) is 2.55. The third-order valence-electron chi connectivity index (χ3n) is 3.50. The Hall–Kier alpha value is -2.54. The van der Waals surface area contributed by atoms with Gasteiger partial charge in [-0.05, 0) is 35.9 Å². The Bertz CT molecular complexity index is 821. The number of carbonyl (C=O) groups is 2. The zero-order valence-corrected chi connectivity index (χ0v) is 14.0. The number of benzene rings is 2. The minimum absolute atomic E-state index is 0.0634. The van der Waals surface area contributed by atoms with Crippen LogP contribution in [0.25, 0.3) is 0 Å². The molecular formula is C17H13BrFN3O2. The third kappa shape index (κ3) is 3.86. The topological polar surface area (TPSA) is 70.6 Å². The second-order valence-corrected chi connectivity index (χ2v) is 6.18. The summed E-state index contributed by atoms with van der Waals surface area (Å²) in [5.74, 6) is -1.23. The van der Waals surface area contributed by atoms with Gasteiger partial charge in [0.2, 0.25) is 11.9 Å². The number of aliphatic imine (C=N–C) groups is 1. The Morgan fingerprint density at radius 2 is 2.00 bits per heavy atom. The van der Waals surface area contributed by atoms with E-state index in [4.69, 9.17) is 0 Å². The molecule has 0 saturated heterocycles. The van der Waals surface area contributed by atoms with Gasteiger partial charge in [-0.15, -0.1) is 0 Å². The lowest BCUT2D eigenvalue weighted by atomic mass is 10.0. The van der Waals surface area contributed by atoms with Gasteiger partial charge in [0.15, 0.2) is 0 Å². The summed E-state index contributed by atoms with van der Waals surface area (Å²) in [5, 5.41) is 5.03. The van der Waals surface area contributed by atoms with Gasteiger partial charge in [0, 0.05) is 10.0 Å². The number of guanidine groups is 1. The first-order valence-corrected chi connectivity index (χ1v) is 8.00. The van der Waals surface area contributed by atoms with Crippen molar-refractivity contribution in [2.45, 2.75) is 12.5 Å². The van der Waals surface area contributed by atoms with Crippen LogP contribution < -0.4 is 10.6 Å². The number of hydrogen-bond acceptors (Lipinski definition) is 3. The molecule has 0 aliphatic carbocycles. The summed E-state index contributed by atoms with van der Waals surface area (Å²) < 4.78 is 14.1. The monoisotopic (exact) mass is 389 g/mol. The van der Waals surface area contributed by atoms with Gasteiger partial charge in [-0.25, -0.2) is 9.38 Å². The zero-order chi connectivity index (χ0) is 17.1. The van der Waals surface area contributed by atoms with E-state index in [2.05, 4.69) is 31.6 Å². The van der Waals surface area contributed by atoms with Crippen LogP contribution in [0.1, 0.15) is 28.4 Å². The first kappa shape index (κ1) is 16.3. The summed E-state index contributed by atoms with van der Waals surface area (Å²) in [6.07, 6.45) is 0.195. The molecule has 2 aromatic rings. The molecule has 0 spiro atoms. The number of carbonyl (C=O) groups excluding carboxylic acids is 2. The van der Waals surface area contributed by atoms with E-state index in [-0.39, 0.29) is 29.9 Å². The Morgan fingerprint density at radius 3 is 2.71 bits per heavy atom. The van der Waals surface area contributed by atoms with E-state index in [1.807, 2.05) is 24.3 Å².